The number of rotatable bonds is 6. The molecule has 8 nitrogen and oxygen atoms in total. The highest BCUT2D eigenvalue weighted by Crippen LogP contribution is 2.60. The number of barbiturate groups is 1. The smallest absolute Gasteiger partial charge is 0.335 e. The minimum atomic E-state index is -0.759. The summed E-state index contributed by atoms with van der Waals surface area (Å²) in [4.78, 5) is 53.9. The van der Waals surface area contributed by atoms with Crippen molar-refractivity contribution < 1.29 is 19.2 Å². The summed E-state index contributed by atoms with van der Waals surface area (Å²) in [6.45, 7) is 2.03. The van der Waals surface area contributed by atoms with Gasteiger partial charge in [0.1, 0.15) is 12.1 Å². The number of benzene rings is 3. The molecule has 1 aliphatic heterocycles. The van der Waals surface area contributed by atoms with Crippen LogP contribution in [0.5, 0.6) is 0 Å². The number of carbonyl (C=O) groups is 4. The molecule has 1 saturated heterocycles. The van der Waals surface area contributed by atoms with E-state index in [1.165, 1.54) is 50.2 Å². The molecule has 0 spiro atoms. The number of para-hydroxylation sites is 1. The van der Waals surface area contributed by atoms with E-state index in [2.05, 4.69) is 22.8 Å². The third kappa shape index (κ3) is 4.92. The molecule has 2 heterocycles. The predicted octanol–water partition coefficient (Wildman–Crippen LogP) is 6.72. The van der Waals surface area contributed by atoms with Crippen LogP contribution in [0.2, 0.25) is 0 Å². The van der Waals surface area contributed by atoms with Gasteiger partial charge in [0.15, 0.2) is 0 Å². The standard InChI is InChI=1S/C38H36N4O4/c1-23-6-10-29(11-7-23)39-34(43)22-41-21-27(31-4-2-3-5-33(31)41)17-32-35(44)40-37(46)42(36(32)45)30-12-8-28(9-13-30)38-18-24-14-25(19-38)16-26(15-24)20-38/h2-13,17,21,24-26H,14-16,18-20,22H2,1H3,(H,39,43)(H,40,44,46)/b32-17+. The second kappa shape index (κ2) is 10.8. The Bertz CT molecular complexity index is 1900. The van der Waals surface area contributed by atoms with Crippen molar-refractivity contribution in [3.05, 3.63) is 101 Å². The highest BCUT2D eigenvalue weighted by atomic mass is 16.2. The van der Waals surface area contributed by atoms with Crippen LogP contribution in [0.3, 0.4) is 0 Å². The molecule has 0 atom stereocenters. The Labute approximate surface area is 267 Å². The Morgan fingerprint density at radius 1 is 0.891 bits per heavy atom. The van der Waals surface area contributed by atoms with Gasteiger partial charge in [-0.25, -0.2) is 9.69 Å². The number of fused-ring (bicyclic) bond motifs is 1. The van der Waals surface area contributed by atoms with Gasteiger partial charge >= 0.3 is 6.03 Å². The van der Waals surface area contributed by atoms with Crippen LogP contribution in [0.4, 0.5) is 16.2 Å². The zero-order valence-electron chi connectivity index (χ0n) is 25.8. The van der Waals surface area contributed by atoms with Crippen molar-refractivity contribution in [2.45, 2.75) is 57.4 Å². The van der Waals surface area contributed by atoms with Gasteiger partial charge in [0.2, 0.25) is 5.91 Å². The van der Waals surface area contributed by atoms with Crippen LogP contribution >= 0.6 is 0 Å². The van der Waals surface area contributed by atoms with E-state index in [1.54, 1.807) is 10.8 Å². The van der Waals surface area contributed by atoms with E-state index in [4.69, 9.17) is 0 Å². The first kappa shape index (κ1) is 28.5. The summed E-state index contributed by atoms with van der Waals surface area (Å²) >= 11 is 0. The zero-order chi connectivity index (χ0) is 31.6. The number of imide groups is 2. The maximum atomic E-state index is 13.8. The maximum Gasteiger partial charge on any atom is 0.335 e. The van der Waals surface area contributed by atoms with Gasteiger partial charge in [-0.15, -0.1) is 0 Å². The third-order valence-corrected chi connectivity index (χ3v) is 10.6. The fraction of sp³-hybridized carbons (Fsp3) is 0.316. The van der Waals surface area contributed by atoms with Crippen molar-refractivity contribution in [3.8, 4) is 0 Å². The van der Waals surface area contributed by atoms with E-state index in [0.717, 1.165) is 39.1 Å². The van der Waals surface area contributed by atoms with Gasteiger partial charge in [-0.05, 0) is 111 Å². The third-order valence-electron chi connectivity index (χ3n) is 10.6. The molecule has 4 bridgehead atoms. The number of nitrogens with one attached hydrogen (secondary N) is 2. The largest absolute Gasteiger partial charge is 0.337 e. The van der Waals surface area contributed by atoms with Gasteiger partial charge in [-0.1, -0.05) is 48.0 Å². The minimum absolute atomic E-state index is 0.0401. The van der Waals surface area contributed by atoms with Gasteiger partial charge < -0.3 is 9.88 Å². The average molecular weight is 613 g/mol. The Hall–Kier alpha value is -4.98. The predicted molar refractivity (Wildman–Crippen MR) is 177 cm³/mol. The summed E-state index contributed by atoms with van der Waals surface area (Å²) in [5, 5.41) is 6.06. The summed E-state index contributed by atoms with van der Waals surface area (Å²) in [6, 6.07) is 22.2. The molecule has 5 fully saturated rings. The number of nitrogens with zero attached hydrogens (tertiary/aromatic N) is 2. The number of aryl methyl sites for hydroxylation is 1. The first-order valence-electron chi connectivity index (χ1n) is 16.2. The molecule has 46 heavy (non-hydrogen) atoms. The molecular formula is C38H36N4O4. The van der Waals surface area contributed by atoms with Crippen LogP contribution in [0, 0.1) is 24.7 Å². The van der Waals surface area contributed by atoms with E-state index in [0.29, 0.717) is 16.9 Å². The second-order valence-electron chi connectivity index (χ2n) is 13.8. The van der Waals surface area contributed by atoms with Crippen molar-refractivity contribution in [2.24, 2.45) is 17.8 Å². The van der Waals surface area contributed by atoms with Crippen LogP contribution in [0.1, 0.15) is 55.2 Å². The van der Waals surface area contributed by atoms with Gasteiger partial charge in [0.05, 0.1) is 5.69 Å². The molecule has 4 saturated carbocycles. The lowest BCUT2D eigenvalue weighted by Gasteiger charge is -2.57. The number of carbonyl (C=O) groups excluding carboxylic acids is 4. The minimum Gasteiger partial charge on any atom is -0.337 e. The van der Waals surface area contributed by atoms with E-state index in [9.17, 15) is 19.2 Å². The monoisotopic (exact) mass is 612 g/mol. The van der Waals surface area contributed by atoms with E-state index in [1.807, 2.05) is 67.6 Å². The van der Waals surface area contributed by atoms with Gasteiger partial charge in [-0.2, -0.15) is 0 Å². The molecule has 4 aromatic rings. The van der Waals surface area contributed by atoms with Crippen molar-refractivity contribution >= 4 is 52.1 Å². The normalized spacial score (nSPS) is 26.2. The number of urea groups is 1. The lowest BCUT2D eigenvalue weighted by atomic mass is 9.48. The summed E-state index contributed by atoms with van der Waals surface area (Å²) in [6.07, 6.45) is 11.0. The van der Waals surface area contributed by atoms with Gasteiger partial charge in [0, 0.05) is 28.4 Å². The highest BCUT2D eigenvalue weighted by Gasteiger charge is 2.51. The first-order valence-corrected chi connectivity index (χ1v) is 16.2. The van der Waals surface area contributed by atoms with Crippen molar-refractivity contribution in [3.63, 3.8) is 0 Å². The van der Waals surface area contributed by atoms with Crippen LogP contribution < -0.4 is 15.5 Å². The number of amides is 5. The fourth-order valence-corrected chi connectivity index (χ4v) is 8.99. The molecule has 4 aliphatic carbocycles. The van der Waals surface area contributed by atoms with E-state index in [-0.39, 0.29) is 23.4 Å². The SMILES string of the molecule is Cc1ccc(NC(=O)Cn2cc(/C=C3\C(=O)NC(=O)N(c4ccc(C56CC7CC(CC(C7)C5)C6)cc4)C3=O)c3ccccc32)cc1. The molecular weight excluding hydrogens is 576 g/mol. The Balaban J connectivity index is 1.06. The van der Waals surface area contributed by atoms with Crippen LogP contribution in [0.25, 0.3) is 17.0 Å². The summed E-state index contributed by atoms with van der Waals surface area (Å²) < 4.78 is 1.79. The summed E-state index contributed by atoms with van der Waals surface area (Å²) in [5.74, 6) is 0.813. The van der Waals surface area contributed by atoms with Crippen molar-refractivity contribution in [1.82, 2.24) is 9.88 Å². The summed E-state index contributed by atoms with van der Waals surface area (Å²) in [7, 11) is 0. The molecule has 5 amide bonds. The van der Waals surface area contributed by atoms with Crippen LogP contribution in [0.15, 0.2) is 84.6 Å². The second-order valence-corrected chi connectivity index (χ2v) is 13.8. The average Bonchev–Trinajstić information content (AvgIpc) is 3.36. The van der Waals surface area contributed by atoms with Crippen LogP contribution in [-0.2, 0) is 26.3 Å². The maximum absolute atomic E-state index is 13.8. The molecule has 2 N–H and O–H groups in total. The first-order chi connectivity index (χ1) is 22.2. The molecule has 5 aliphatic rings. The van der Waals surface area contributed by atoms with Crippen molar-refractivity contribution in [1.29, 1.82) is 0 Å². The molecule has 0 unspecified atom stereocenters. The Kier molecular flexibility index (Phi) is 6.71. The topological polar surface area (TPSA) is 101 Å². The van der Waals surface area contributed by atoms with Gasteiger partial charge in [-0.3, -0.25) is 19.7 Å². The Morgan fingerprint density at radius 2 is 1.54 bits per heavy atom. The molecule has 3 aromatic carbocycles. The molecule has 9 rings (SSSR count). The Morgan fingerprint density at radius 3 is 2.22 bits per heavy atom. The lowest BCUT2D eigenvalue weighted by Crippen LogP contribution is -2.54. The number of aromatic nitrogens is 1. The molecule has 232 valence electrons. The quantitative estimate of drug-likeness (QED) is 0.186. The summed E-state index contributed by atoms with van der Waals surface area (Å²) in [5.41, 5.74) is 4.98. The number of anilines is 2. The zero-order valence-corrected chi connectivity index (χ0v) is 25.8. The fourth-order valence-electron chi connectivity index (χ4n) is 8.99. The van der Waals surface area contributed by atoms with Crippen LogP contribution in [-0.4, -0.2) is 28.3 Å². The number of hydrogen-bond donors (Lipinski definition) is 2. The van der Waals surface area contributed by atoms with Gasteiger partial charge in [0.25, 0.3) is 11.8 Å². The lowest BCUT2D eigenvalue weighted by molar-refractivity contribution is -0.122. The molecule has 0 radical (unpaired) electrons. The molecule has 1 aromatic heterocycles. The number of hydrogen-bond acceptors (Lipinski definition) is 4. The van der Waals surface area contributed by atoms with Crippen molar-refractivity contribution in [2.75, 3.05) is 10.2 Å². The molecule has 8 heteroatoms. The van der Waals surface area contributed by atoms with E-state index < -0.39 is 17.8 Å². The van der Waals surface area contributed by atoms with E-state index >= 15 is 0 Å². The highest BCUT2D eigenvalue weighted by molar-refractivity contribution is 6.39.